The van der Waals surface area contributed by atoms with Gasteiger partial charge in [-0.25, -0.2) is 9.59 Å². The number of esters is 1. The Balaban J connectivity index is 1.54. The van der Waals surface area contributed by atoms with E-state index in [4.69, 9.17) is 9.47 Å². The van der Waals surface area contributed by atoms with Gasteiger partial charge in [0.05, 0.1) is 25.6 Å². The van der Waals surface area contributed by atoms with E-state index in [1.54, 1.807) is 4.98 Å². The number of rotatable bonds is 7. The fourth-order valence-electron chi connectivity index (χ4n) is 3.07. The SMILES string of the molecule is O=C(CCC(=O)ON1C(=O)CCC1=O)O[C@H]1C[C@H](n2cc(F)c(=O)[nH]c2=O)O[C@@H]1CO. The van der Waals surface area contributed by atoms with Crippen LogP contribution in [0.3, 0.4) is 0 Å². The summed E-state index contributed by atoms with van der Waals surface area (Å²) in [6.45, 7) is -0.587. The second kappa shape index (κ2) is 9.18. The maximum Gasteiger partial charge on any atom is 0.333 e. The van der Waals surface area contributed by atoms with Crippen molar-refractivity contribution < 1.29 is 43.0 Å². The van der Waals surface area contributed by atoms with E-state index in [9.17, 15) is 38.3 Å². The number of amides is 2. The molecule has 2 amide bonds. The van der Waals surface area contributed by atoms with Crippen molar-refractivity contribution in [3.05, 3.63) is 32.9 Å². The molecule has 2 aliphatic heterocycles. The van der Waals surface area contributed by atoms with E-state index >= 15 is 0 Å². The summed E-state index contributed by atoms with van der Waals surface area (Å²) in [5.74, 6) is -4.40. The number of carbonyl (C=O) groups excluding carboxylic acids is 4. The summed E-state index contributed by atoms with van der Waals surface area (Å²) in [5.41, 5.74) is -2.15. The van der Waals surface area contributed by atoms with Crippen LogP contribution in [0.15, 0.2) is 15.8 Å². The van der Waals surface area contributed by atoms with Gasteiger partial charge in [0, 0.05) is 19.3 Å². The average molecular weight is 443 g/mol. The zero-order chi connectivity index (χ0) is 22.7. The van der Waals surface area contributed by atoms with E-state index in [1.807, 2.05) is 0 Å². The van der Waals surface area contributed by atoms with E-state index in [2.05, 4.69) is 4.84 Å². The molecule has 3 rings (SSSR count). The molecule has 168 valence electrons. The summed E-state index contributed by atoms with van der Waals surface area (Å²) in [7, 11) is 0. The lowest BCUT2D eigenvalue weighted by molar-refractivity contribution is -0.197. The maximum atomic E-state index is 13.5. The molecule has 1 aromatic heterocycles. The molecule has 2 saturated heterocycles. The highest BCUT2D eigenvalue weighted by atomic mass is 19.1. The van der Waals surface area contributed by atoms with Crippen LogP contribution >= 0.6 is 0 Å². The Kier molecular flexibility index (Phi) is 6.60. The highest BCUT2D eigenvalue weighted by Crippen LogP contribution is 2.30. The summed E-state index contributed by atoms with van der Waals surface area (Å²) in [6, 6.07) is 0. The molecule has 2 aliphatic rings. The molecule has 31 heavy (non-hydrogen) atoms. The third-order valence-electron chi connectivity index (χ3n) is 4.61. The lowest BCUT2D eigenvalue weighted by atomic mass is 10.2. The fraction of sp³-hybridized carbons (Fsp3) is 0.529. The minimum Gasteiger partial charge on any atom is -0.459 e. The standard InChI is InChI=1S/C17H18FN3O10/c18-8-6-20(17(28)19-16(8)27)13-5-9(10(7-22)29-13)30-14(25)3-4-15(26)31-21-11(23)1-2-12(21)24/h6,9-10,13,22H,1-5,7H2,(H,19,27,28)/t9-,10+,13+/m0/s1. The number of aromatic nitrogens is 2. The monoisotopic (exact) mass is 443 g/mol. The molecule has 0 radical (unpaired) electrons. The van der Waals surface area contributed by atoms with Crippen molar-refractivity contribution in [2.24, 2.45) is 0 Å². The smallest absolute Gasteiger partial charge is 0.333 e. The van der Waals surface area contributed by atoms with Gasteiger partial charge in [0.25, 0.3) is 17.4 Å². The first-order valence-electron chi connectivity index (χ1n) is 9.23. The van der Waals surface area contributed by atoms with Gasteiger partial charge in [0.1, 0.15) is 18.4 Å². The number of aliphatic hydroxyl groups is 1. The maximum absolute atomic E-state index is 13.5. The summed E-state index contributed by atoms with van der Waals surface area (Å²) < 4.78 is 24.8. The molecule has 0 aliphatic carbocycles. The van der Waals surface area contributed by atoms with Gasteiger partial charge in [-0.15, -0.1) is 5.06 Å². The van der Waals surface area contributed by atoms with Crippen molar-refractivity contribution in [3.63, 3.8) is 0 Å². The second-order valence-electron chi connectivity index (χ2n) is 6.76. The van der Waals surface area contributed by atoms with Crippen molar-refractivity contribution in [2.45, 2.75) is 50.5 Å². The molecule has 0 unspecified atom stereocenters. The van der Waals surface area contributed by atoms with Crippen LogP contribution < -0.4 is 11.2 Å². The van der Waals surface area contributed by atoms with Crippen LogP contribution in [0.4, 0.5) is 4.39 Å². The number of nitrogens with zero attached hydrogens (tertiary/aromatic N) is 2. The van der Waals surface area contributed by atoms with Gasteiger partial charge in [0.2, 0.25) is 5.82 Å². The summed E-state index contributed by atoms with van der Waals surface area (Å²) >= 11 is 0. The quantitative estimate of drug-likeness (QED) is 0.363. The first-order valence-corrected chi connectivity index (χ1v) is 9.23. The Bertz CT molecular complexity index is 1000. The molecule has 1 aromatic rings. The first kappa shape index (κ1) is 22.3. The fourth-order valence-corrected chi connectivity index (χ4v) is 3.07. The Hall–Kier alpha value is -3.39. The molecule has 2 fully saturated rings. The van der Waals surface area contributed by atoms with Gasteiger partial charge >= 0.3 is 17.6 Å². The number of carbonyl (C=O) groups is 4. The van der Waals surface area contributed by atoms with Crippen LogP contribution in [0.5, 0.6) is 0 Å². The van der Waals surface area contributed by atoms with Gasteiger partial charge < -0.3 is 19.4 Å². The lowest BCUT2D eigenvalue weighted by Crippen LogP contribution is -2.34. The van der Waals surface area contributed by atoms with Crippen molar-refractivity contribution in [2.75, 3.05) is 6.61 Å². The molecule has 0 spiro atoms. The van der Waals surface area contributed by atoms with Crippen LogP contribution in [0.2, 0.25) is 0 Å². The van der Waals surface area contributed by atoms with E-state index in [0.29, 0.717) is 11.3 Å². The topological polar surface area (TPSA) is 174 Å². The zero-order valence-corrected chi connectivity index (χ0v) is 15.9. The number of halogens is 1. The Morgan fingerprint density at radius 2 is 1.81 bits per heavy atom. The predicted octanol–water partition coefficient (Wildman–Crippen LogP) is -1.75. The minimum absolute atomic E-state index is 0.0676. The third-order valence-corrected chi connectivity index (χ3v) is 4.61. The van der Waals surface area contributed by atoms with Gasteiger partial charge in [-0.3, -0.25) is 28.7 Å². The number of H-pyrrole nitrogens is 1. The number of aliphatic hydroxyl groups excluding tert-OH is 1. The largest absolute Gasteiger partial charge is 0.459 e. The van der Waals surface area contributed by atoms with Crippen molar-refractivity contribution in [1.29, 1.82) is 0 Å². The van der Waals surface area contributed by atoms with Crippen LogP contribution in [-0.2, 0) is 33.5 Å². The third kappa shape index (κ3) is 5.03. The molecule has 3 heterocycles. The molecule has 2 N–H and O–H groups in total. The van der Waals surface area contributed by atoms with Crippen LogP contribution in [0.25, 0.3) is 0 Å². The molecular formula is C17H18FN3O10. The molecular weight excluding hydrogens is 425 g/mol. The number of hydroxylamine groups is 2. The summed E-state index contributed by atoms with van der Waals surface area (Å²) in [4.78, 5) is 76.0. The lowest BCUT2D eigenvalue weighted by Gasteiger charge is -2.16. The number of hydrogen-bond acceptors (Lipinski definition) is 10. The van der Waals surface area contributed by atoms with Crippen molar-refractivity contribution in [3.8, 4) is 0 Å². The highest BCUT2D eigenvalue weighted by Gasteiger charge is 2.39. The molecule has 13 nitrogen and oxygen atoms in total. The van der Waals surface area contributed by atoms with E-state index < -0.39 is 78.7 Å². The van der Waals surface area contributed by atoms with Crippen LogP contribution in [0.1, 0.15) is 38.3 Å². The van der Waals surface area contributed by atoms with E-state index in [1.165, 1.54) is 0 Å². The Morgan fingerprint density at radius 3 is 2.45 bits per heavy atom. The number of imide groups is 1. The zero-order valence-electron chi connectivity index (χ0n) is 15.9. The van der Waals surface area contributed by atoms with Gasteiger partial charge in [-0.2, -0.15) is 4.39 Å². The summed E-state index contributed by atoms with van der Waals surface area (Å²) in [6.07, 6.45) is -3.76. The Labute approximate surface area is 172 Å². The predicted molar refractivity (Wildman–Crippen MR) is 93.2 cm³/mol. The summed E-state index contributed by atoms with van der Waals surface area (Å²) in [5, 5.41) is 9.78. The van der Waals surface area contributed by atoms with Crippen LogP contribution in [0, 0.1) is 5.82 Å². The first-order chi connectivity index (χ1) is 14.7. The molecule has 3 atom stereocenters. The number of nitrogens with one attached hydrogen (secondary N) is 1. The molecule has 0 saturated carbocycles. The van der Waals surface area contributed by atoms with Crippen molar-refractivity contribution in [1.82, 2.24) is 14.6 Å². The number of hydrogen-bond donors (Lipinski definition) is 2. The highest BCUT2D eigenvalue weighted by molar-refractivity contribution is 6.01. The minimum atomic E-state index is -1.22. The van der Waals surface area contributed by atoms with Crippen molar-refractivity contribution >= 4 is 23.8 Å². The number of aromatic amines is 1. The molecule has 0 bridgehead atoms. The normalized spacial score (nSPS) is 23.3. The second-order valence-corrected chi connectivity index (χ2v) is 6.76. The van der Waals surface area contributed by atoms with E-state index in [0.717, 1.165) is 4.57 Å². The average Bonchev–Trinajstić information content (AvgIpc) is 3.26. The van der Waals surface area contributed by atoms with Gasteiger partial charge in [-0.05, 0) is 0 Å². The van der Waals surface area contributed by atoms with Gasteiger partial charge in [-0.1, -0.05) is 0 Å². The van der Waals surface area contributed by atoms with Gasteiger partial charge in [0.15, 0.2) is 0 Å². The molecule has 14 heteroatoms. The Morgan fingerprint density at radius 1 is 1.16 bits per heavy atom. The van der Waals surface area contributed by atoms with E-state index in [-0.39, 0.29) is 19.3 Å². The van der Waals surface area contributed by atoms with Crippen LogP contribution in [-0.4, -0.2) is 62.3 Å². The molecule has 0 aromatic carbocycles. The number of ether oxygens (including phenoxy) is 2.